The second-order valence-electron chi connectivity index (χ2n) is 3.59. The molecule has 0 saturated carbocycles. The van der Waals surface area contributed by atoms with Gasteiger partial charge in [0.15, 0.2) is 0 Å². The Balaban J connectivity index is 2.00. The second kappa shape index (κ2) is 4.56. The van der Waals surface area contributed by atoms with E-state index < -0.39 is 6.55 Å². The van der Waals surface area contributed by atoms with Crippen LogP contribution >= 0.6 is 0 Å². The highest BCUT2D eigenvalue weighted by Gasteiger charge is 2.18. The third kappa shape index (κ3) is 2.07. The quantitative estimate of drug-likeness (QED) is 0.725. The molecule has 8 heteroatoms. The lowest BCUT2D eigenvalue weighted by Crippen LogP contribution is -2.02. The number of nitrogens with zero attached hydrogens (tertiary/aromatic N) is 5. The zero-order chi connectivity index (χ0) is 13.2. The molecule has 0 atom stereocenters. The molecule has 0 radical (unpaired) electrons. The molecule has 0 spiro atoms. The fourth-order valence-electron chi connectivity index (χ4n) is 1.58. The SMILES string of the molecule is FC(F)n1nccc1-c1nnc(-c2ccncc2)o1. The third-order valence-electron chi connectivity index (χ3n) is 2.43. The first-order valence-corrected chi connectivity index (χ1v) is 5.31. The normalized spacial score (nSPS) is 11.1. The minimum atomic E-state index is -2.76. The van der Waals surface area contributed by atoms with Crippen LogP contribution in [0.25, 0.3) is 23.0 Å². The first-order valence-electron chi connectivity index (χ1n) is 5.31. The Morgan fingerprint density at radius 1 is 1.00 bits per heavy atom. The molecule has 0 N–H and O–H groups in total. The van der Waals surface area contributed by atoms with Gasteiger partial charge >= 0.3 is 6.55 Å². The summed E-state index contributed by atoms with van der Waals surface area (Å²) in [5.41, 5.74) is 0.736. The van der Waals surface area contributed by atoms with Crippen LogP contribution in [0.2, 0.25) is 0 Å². The highest BCUT2D eigenvalue weighted by atomic mass is 19.3. The Morgan fingerprint density at radius 2 is 1.74 bits per heavy atom. The Bertz CT molecular complexity index is 679. The van der Waals surface area contributed by atoms with Gasteiger partial charge in [0.05, 0.1) is 0 Å². The zero-order valence-corrected chi connectivity index (χ0v) is 9.44. The molecule has 0 aromatic carbocycles. The van der Waals surface area contributed by atoms with Crippen LogP contribution in [-0.4, -0.2) is 25.0 Å². The largest absolute Gasteiger partial charge is 0.415 e. The molecule has 3 aromatic heterocycles. The average molecular weight is 263 g/mol. The van der Waals surface area contributed by atoms with Crippen LogP contribution in [0.5, 0.6) is 0 Å². The second-order valence-corrected chi connectivity index (χ2v) is 3.59. The van der Waals surface area contributed by atoms with Crippen LogP contribution in [0.1, 0.15) is 6.55 Å². The maximum Gasteiger partial charge on any atom is 0.333 e. The molecular formula is C11H7F2N5O. The van der Waals surface area contributed by atoms with Crippen molar-refractivity contribution in [2.24, 2.45) is 0 Å². The summed E-state index contributed by atoms with van der Waals surface area (Å²) in [7, 11) is 0. The maximum absolute atomic E-state index is 12.7. The van der Waals surface area contributed by atoms with E-state index in [0.29, 0.717) is 10.2 Å². The molecule has 0 aliphatic rings. The molecule has 0 saturated heterocycles. The Kier molecular flexibility index (Phi) is 2.75. The van der Waals surface area contributed by atoms with Crippen molar-refractivity contribution >= 4 is 0 Å². The first kappa shape index (κ1) is 11.5. The summed E-state index contributed by atoms with van der Waals surface area (Å²) in [6, 6.07) is 4.75. The number of halogens is 2. The van der Waals surface area contributed by atoms with E-state index in [-0.39, 0.29) is 17.5 Å². The van der Waals surface area contributed by atoms with Gasteiger partial charge in [0.1, 0.15) is 5.69 Å². The molecule has 0 unspecified atom stereocenters. The molecule has 0 aliphatic heterocycles. The Labute approximate surface area is 105 Å². The predicted molar refractivity (Wildman–Crippen MR) is 60.0 cm³/mol. The number of hydrogen-bond acceptors (Lipinski definition) is 5. The van der Waals surface area contributed by atoms with Gasteiger partial charge in [0, 0.05) is 24.2 Å². The smallest absolute Gasteiger partial charge is 0.333 e. The lowest BCUT2D eigenvalue weighted by Gasteiger charge is -2.01. The minimum Gasteiger partial charge on any atom is -0.415 e. The molecule has 0 amide bonds. The highest BCUT2D eigenvalue weighted by molar-refractivity contribution is 5.54. The van der Waals surface area contributed by atoms with Crippen LogP contribution < -0.4 is 0 Å². The topological polar surface area (TPSA) is 69.6 Å². The monoisotopic (exact) mass is 263 g/mol. The number of hydrogen-bond donors (Lipinski definition) is 0. The van der Waals surface area contributed by atoms with E-state index >= 15 is 0 Å². The molecule has 3 aromatic rings. The van der Waals surface area contributed by atoms with E-state index in [4.69, 9.17) is 4.42 Å². The number of aromatic nitrogens is 5. The fraction of sp³-hybridized carbons (Fsp3) is 0.0909. The summed E-state index contributed by atoms with van der Waals surface area (Å²) in [6.45, 7) is -2.76. The van der Waals surface area contributed by atoms with Crippen molar-refractivity contribution in [1.29, 1.82) is 0 Å². The van der Waals surface area contributed by atoms with Crippen LogP contribution in [0, 0.1) is 0 Å². The summed E-state index contributed by atoms with van der Waals surface area (Å²) in [5.74, 6) is 0.226. The van der Waals surface area contributed by atoms with Gasteiger partial charge in [-0.25, -0.2) is 0 Å². The summed E-state index contributed by atoms with van der Waals surface area (Å²) < 4.78 is 31.2. The van der Waals surface area contributed by atoms with E-state index in [2.05, 4.69) is 20.3 Å². The first-order chi connectivity index (χ1) is 9.25. The van der Waals surface area contributed by atoms with Gasteiger partial charge in [-0.1, -0.05) is 0 Å². The molecular weight excluding hydrogens is 256 g/mol. The van der Waals surface area contributed by atoms with E-state index in [1.54, 1.807) is 24.5 Å². The number of pyridine rings is 1. The van der Waals surface area contributed by atoms with E-state index in [1.165, 1.54) is 12.3 Å². The van der Waals surface area contributed by atoms with Gasteiger partial charge < -0.3 is 4.42 Å². The van der Waals surface area contributed by atoms with Crippen molar-refractivity contribution in [3.05, 3.63) is 36.8 Å². The zero-order valence-electron chi connectivity index (χ0n) is 9.44. The maximum atomic E-state index is 12.7. The summed E-state index contributed by atoms with van der Waals surface area (Å²) >= 11 is 0. The van der Waals surface area contributed by atoms with Crippen molar-refractivity contribution in [1.82, 2.24) is 25.0 Å². The molecule has 6 nitrogen and oxygen atoms in total. The standard InChI is InChI=1S/C11H7F2N5O/c12-11(13)18-8(3-6-15-18)10-17-16-9(19-10)7-1-4-14-5-2-7/h1-6,11H. The van der Waals surface area contributed by atoms with Gasteiger partial charge in [-0.3, -0.25) is 4.98 Å². The van der Waals surface area contributed by atoms with Crippen LogP contribution in [0.4, 0.5) is 8.78 Å². The van der Waals surface area contributed by atoms with Crippen molar-refractivity contribution in [3.63, 3.8) is 0 Å². The van der Waals surface area contributed by atoms with E-state index in [9.17, 15) is 8.78 Å². The lowest BCUT2D eigenvalue weighted by atomic mass is 10.3. The van der Waals surface area contributed by atoms with Crippen molar-refractivity contribution in [2.75, 3.05) is 0 Å². The number of alkyl halides is 2. The van der Waals surface area contributed by atoms with Crippen molar-refractivity contribution < 1.29 is 13.2 Å². The Morgan fingerprint density at radius 3 is 2.47 bits per heavy atom. The minimum absolute atomic E-state index is 0.00962. The molecule has 19 heavy (non-hydrogen) atoms. The molecule has 96 valence electrons. The fourth-order valence-corrected chi connectivity index (χ4v) is 1.58. The van der Waals surface area contributed by atoms with Gasteiger partial charge in [-0.15, -0.1) is 10.2 Å². The van der Waals surface area contributed by atoms with Crippen LogP contribution in [0.15, 0.2) is 41.2 Å². The van der Waals surface area contributed by atoms with Crippen molar-refractivity contribution in [3.8, 4) is 23.0 Å². The molecule has 3 rings (SSSR count). The van der Waals surface area contributed by atoms with Crippen molar-refractivity contribution in [2.45, 2.75) is 6.55 Å². The average Bonchev–Trinajstić information content (AvgIpc) is 3.08. The van der Waals surface area contributed by atoms with Crippen LogP contribution in [0.3, 0.4) is 0 Å². The third-order valence-corrected chi connectivity index (χ3v) is 2.43. The predicted octanol–water partition coefficient (Wildman–Crippen LogP) is 2.39. The Hall–Kier alpha value is -2.64. The molecule has 0 aliphatic carbocycles. The van der Waals surface area contributed by atoms with Gasteiger partial charge in [-0.05, 0) is 18.2 Å². The van der Waals surface area contributed by atoms with Crippen LogP contribution in [-0.2, 0) is 0 Å². The molecule has 0 fully saturated rings. The molecule has 3 heterocycles. The number of rotatable bonds is 3. The van der Waals surface area contributed by atoms with E-state index in [0.717, 1.165) is 0 Å². The van der Waals surface area contributed by atoms with Gasteiger partial charge in [0.25, 0.3) is 5.89 Å². The van der Waals surface area contributed by atoms with Gasteiger partial charge in [-0.2, -0.15) is 18.6 Å². The highest BCUT2D eigenvalue weighted by Crippen LogP contribution is 2.25. The van der Waals surface area contributed by atoms with Gasteiger partial charge in [0.2, 0.25) is 5.89 Å². The summed E-state index contributed by atoms with van der Waals surface area (Å²) in [5, 5.41) is 11.1. The lowest BCUT2D eigenvalue weighted by molar-refractivity contribution is 0.0580. The summed E-state index contributed by atoms with van der Waals surface area (Å²) in [4.78, 5) is 3.86. The van der Waals surface area contributed by atoms with E-state index in [1.807, 2.05) is 0 Å². The summed E-state index contributed by atoms with van der Waals surface area (Å²) in [6.07, 6.45) is 4.39. The molecule has 0 bridgehead atoms.